The molecule has 0 aliphatic rings. The van der Waals surface area contributed by atoms with E-state index in [0.29, 0.717) is 5.56 Å². The van der Waals surface area contributed by atoms with Gasteiger partial charge in [0.05, 0.1) is 16.2 Å². The second kappa shape index (κ2) is 6.37. The number of rotatable bonds is 3. The molecule has 2 N–H and O–H groups in total. The van der Waals surface area contributed by atoms with E-state index in [1.807, 2.05) is 0 Å². The van der Waals surface area contributed by atoms with E-state index < -0.39 is 10.0 Å². The zero-order valence-corrected chi connectivity index (χ0v) is 12.6. The molecular weight excluding hydrogens is 339 g/mol. The summed E-state index contributed by atoms with van der Waals surface area (Å²) < 4.78 is 31.2. The second-order valence-electron chi connectivity index (χ2n) is 3.75. The van der Waals surface area contributed by atoms with Crippen molar-refractivity contribution in [1.29, 1.82) is 0 Å². The summed E-state index contributed by atoms with van der Waals surface area (Å²) in [6.45, 7) is -0.329. The van der Waals surface area contributed by atoms with Crippen LogP contribution in [0.4, 0.5) is 5.69 Å². The van der Waals surface area contributed by atoms with Crippen molar-refractivity contribution in [2.45, 2.75) is 4.90 Å². The lowest BCUT2D eigenvalue weighted by molar-refractivity contribution is 0.350. The predicted octanol–water partition coefficient (Wildman–Crippen LogP) is 2.13. The number of aliphatic hydroxyl groups is 1. The van der Waals surface area contributed by atoms with Crippen molar-refractivity contribution < 1.29 is 18.0 Å². The van der Waals surface area contributed by atoms with Gasteiger partial charge in [0.25, 0.3) is 10.0 Å². The van der Waals surface area contributed by atoms with Crippen LogP contribution in [0, 0.1) is 11.8 Å². The molecule has 0 aliphatic carbocycles. The number of benzene rings is 1. The molecular formula is C12H8Cl2N2O4S. The van der Waals surface area contributed by atoms with Crippen LogP contribution >= 0.6 is 23.2 Å². The van der Waals surface area contributed by atoms with Crippen molar-refractivity contribution in [2.75, 3.05) is 11.3 Å². The summed E-state index contributed by atoms with van der Waals surface area (Å²) in [5.74, 6) is 5.01. The van der Waals surface area contributed by atoms with Crippen LogP contribution in [0.3, 0.4) is 0 Å². The van der Waals surface area contributed by atoms with Crippen molar-refractivity contribution in [3.05, 3.63) is 40.2 Å². The van der Waals surface area contributed by atoms with E-state index in [0.717, 1.165) is 6.26 Å². The number of hydrogen-bond acceptors (Lipinski definition) is 5. The largest absolute Gasteiger partial charge is 0.384 e. The number of aromatic nitrogens is 1. The summed E-state index contributed by atoms with van der Waals surface area (Å²) in [6, 6.07) is 2.69. The van der Waals surface area contributed by atoms with Gasteiger partial charge in [-0.05, 0) is 12.1 Å². The van der Waals surface area contributed by atoms with Crippen LogP contribution in [0.25, 0.3) is 0 Å². The van der Waals surface area contributed by atoms with Crippen LogP contribution in [0.1, 0.15) is 5.56 Å². The maximum atomic E-state index is 12.2. The molecule has 0 atom stereocenters. The van der Waals surface area contributed by atoms with Crippen molar-refractivity contribution in [3.63, 3.8) is 0 Å². The smallest absolute Gasteiger partial charge is 0.265 e. The molecule has 0 saturated heterocycles. The molecule has 2 rings (SSSR count). The first-order valence-corrected chi connectivity index (χ1v) is 7.69. The third-order valence-corrected chi connectivity index (χ3v) is 4.57. The molecule has 0 unspecified atom stereocenters. The Bertz CT molecular complexity index is 785. The molecule has 0 aliphatic heterocycles. The van der Waals surface area contributed by atoms with Gasteiger partial charge in [-0.2, -0.15) is 0 Å². The average molecular weight is 347 g/mol. The Kier molecular flexibility index (Phi) is 4.75. The lowest BCUT2D eigenvalue weighted by Gasteiger charge is -2.09. The molecule has 6 nitrogen and oxygen atoms in total. The van der Waals surface area contributed by atoms with Gasteiger partial charge in [0.1, 0.15) is 23.5 Å². The molecule has 9 heteroatoms. The van der Waals surface area contributed by atoms with Gasteiger partial charge in [0, 0.05) is 5.56 Å². The minimum absolute atomic E-state index is 0.0892. The van der Waals surface area contributed by atoms with Crippen LogP contribution in [0.15, 0.2) is 34.0 Å². The molecule has 1 aromatic carbocycles. The highest BCUT2D eigenvalue weighted by Crippen LogP contribution is 2.32. The Balaban J connectivity index is 2.44. The van der Waals surface area contributed by atoms with Crippen LogP contribution in [0.2, 0.25) is 10.0 Å². The van der Waals surface area contributed by atoms with E-state index in [2.05, 4.69) is 26.2 Å². The molecule has 0 fully saturated rings. The first-order chi connectivity index (χ1) is 9.94. The fraction of sp³-hybridized carbons (Fsp3) is 0.0833. The van der Waals surface area contributed by atoms with Gasteiger partial charge >= 0.3 is 0 Å². The number of nitrogens with zero attached hydrogens (tertiary/aromatic N) is 1. The van der Waals surface area contributed by atoms with Crippen LogP contribution in [0.5, 0.6) is 0 Å². The van der Waals surface area contributed by atoms with Crippen molar-refractivity contribution in [2.24, 2.45) is 0 Å². The standard InChI is InChI=1S/C12H8Cl2N2O4S/c13-10-4-8(2-1-3-17)5-11(14)12(10)21(18,19)16-9-6-15-20-7-9/h4-7,16-17H,3H2. The Morgan fingerprint density at radius 3 is 2.52 bits per heavy atom. The first-order valence-electron chi connectivity index (χ1n) is 5.45. The highest BCUT2D eigenvalue weighted by atomic mass is 35.5. The second-order valence-corrected chi connectivity index (χ2v) is 6.18. The normalized spacial score (nSPS) is 10.8. The Labute approximate surface area is 130 Å². The number of hydrogen-bond donors (Lipinski definition) is 2. The highest BCUT2D eigenvalue weighted by molar-refractivity contribution is 7.93. The molecule has 21 heavy (non-hydrogen) atoms. The Morgan fingerprint density at radius 1 is 1.33 bits per heavy atom. The number of nitrogens with one attached hydrogen (secondary N) is 1. The highest BCUT2D eigenvalue weighted by Gasteiger charge is 2.23. The SMILES string of the molecule is O=S(=O)(Nc1cnoc1)c1c(Cl)cc(C#CCO)cc1Cl. The van der Waals surface area contributed by atoms with E-state index in [1.165, 1.54) is 18.3 Å². The molecule has 0 saturated carbocycles. The summed E-state index contributed by atoms with van der Waals surface area (Å²) in [7, 11) is -3.99. The maximum Gasteiger partial charge on any atom is 0.265 e. The number of sulfonamides is 1. The minimum Gasteiger partial charge on any atom is -0.384 e. The van der Waals surface area contributed by atoms with Gasteiger partial charge < -0.3 is 9.63 Å². The van der Waals surface area contributed by atoms with E-state index >= 15 is 0 Å². The lowest BCUT2D eigenvalue weighted by Crippen LogP contribution is -2.13. The fourth-order valence-electron chi connectivity index (χ4n) is 1.49. The topological polar surface area (TPSA) is 92.4 Å². The molecule has 0 bridgehead atoms. The van der Waals surface area contributed by atoms with E-state index in [1.54, 1.807) is 0 Å². The van der Waals surface area contributed by atoms with Crippen LogP contribution in [-0.2, 0) is 10.0 Å². The molecule has 1 heterocycles. The van der Waals surface area contributed by atoms with Gasteiger partial charge in [-0.25, -0.2) is 8.42 Å². The van der Waals surface area contributed by atoms with Gasteiger partial charge in [-0.15, -0.1) is 0 Å². The number of aliphatic hydroxyl groups excluding tert-OH is 1. The molecule has 0 amide bonds. The quantitative estimate of drug-likeness (QED) is 0.830. The van der Waals surface area contributed by atoms with Crippen molar-refractivity contribution >= 4 is 38.9 Å². The van der Waals surface area contributed by atoms with Gasteiger partial charge in [-0.1, -0.05) is 40.2 Å². The molecule has 2 aromatic rings. The summed E-state index contributed by atoms with van der Waals surface area (Å²) in [5.41, 5.74) is 0.536. The number of halogens is 2. The van der Waals surface area contributed by atoms with Gasteiger partial charge in [-0.3, -0.25) is 4.72 Å². The molecule has 0 spiro atoms. The predicted molar refractivity (Wildman–Crippen MR) is 77.7 cm³/mol. The third-order valence-electron chi connectivity index (χ3n) is 2.26. The zero-order valence-electron chi connectivity index (χ0n) is 10.3. The van der Waals surface area contributed by atoms with Gasteiger partial charge in [0.15, 0.2) is 0 Å². The molecule has 1 aromatic heterocycles. The third kappa shape index (κ3) is 3.68. The number of anilines is 1. The summed E-state index contributed by atoms with van der Waals surface area (Å²) in [5, 5.41) is 11.8. The average Bonchev–Trinajstić information content (AvgIpc) is 2.87. The van der Waals surface area contributed by atoms with Crippen molar-refractivity contribution in [3.8, 4) is 11.8 Å². The van der Waals surface area contributed by atoms with E-state index in [-0.39, 0.29) is 27.2 Å². The van der Waals surface area contributed by atoms with E-state index in [4.69, 9.17) is 28.3 Å². The summed E-state index contributed by atoms with van der Waals surface area (Å²) in [6.07, 6.45) is 2.32. The Hall–Kier alpha value is -1.72. The summed E-state index contributed by atoms with van der Waals surface area (Å²) in [4.78, 5) is -0.276. The van der Waals surface area contributed by atoms with Crippen molar-refractivity contribution in [1.82, 2.24) is 5.16 Å². The lowest BCUT2D eigenvalue weighted by atomic mass is 10.2. The van der Waals surface area contributed by atoms with E-state index in [9.17, 15) is 8.42 Å². The summed E-state index contributed by atoms with van der Waals surface area (Å²) >= 11 is 11.9. The zero-order chi connectivity index (χ0) is 15.5. The Morgan fingerprint density at radius 2 is 2.00 bits per heavy atom. The molecule has 0 radical (unpaired) electrons. The minimum atomic E-state index is -3.99. The first kappa shape index (κ1) is 15.7. The van der Waals surface area contributed by atoms with Crippen LogP contribution < -0.4 is 4.72 Å². The van der Waals surface area contributed by atoms with Gasteiger partial charge in [0.2, 0.25) is 0 Å². The molecule has 110 valence electrons. The van der Waals surface area contributed by atoms with Crippen LogP contribution in [-0.4, -0.2) is 25.3 Å². The maximum absolute atomic E-state index is 12.2. The fourth-order valence-corrected chi connectivity index (χ4v) is 3.73. The monoisotopic (exact) mass is 346 g/mol.